The molecule has 2 aromatic carbocycles. The predicted octanol–water partition coefficient (Wildman–Crippen LogP) is 1.72. The molecule has 1 aliphatic rings. The summed E-state index contributed by atoms with van der Waals surface area (Å²) in [7, 11) is -2.46. The van der Waals surface area contributed by atoms with E-state index in [2.05, 4.69) is 5.32 Å². The third-order valence-electron chi connectivity index (χ3n) is 4.73. The summed E-state index contributed by atoms with van der Waals surface area (Å²) in [6.07, 6.45) is 0.302. The van der Waals surface area contributed by atoms with Crippen LogP contribution in [0.5, 0.6) is 0 Å². The SMILES string of the molecule is CCOC(=O)c1ccc(S(=O)(=O)N2Cc3ccccc3C[C@H]2C(=O)NC)cc1. The van der Waals surface area contributed by atoms with Crippen LogP contribution in [-0.2, 0) is 32.5 Å². The third-order valence-corrected chi connectivity index (χ3v) is 6.60. The fourth-order valence-electron chi connectivity index (χ4n) is 3.25. The molecule has 0 saturated carbocycles. The van der Waals surface area contributed by atoms with Gasteiger partial charge in [0.2, 0.25) is 15.9 Å². The van der Waals surface area contributed by atoms with Gasteiger partial charge >= 0.3 is 5.97 Å². The summed E-state index contributed by atoms with van der Waals surface area (Å²) in [4.78, 5) is 24.2. The van der Waals surface area contributed by atoms with Gasteiger partial charge in [-0.25, -0.2) is 13.2 Å². The fourth-order valence-corrected chi connectivity index (χ4v) is 4.82. The van der Waals surface area contributed by atoms with Crippen LogP contribution in [0.4, 0.5) is 0 Å². The third kappa shape index (κ3) is 3.79. The van der Waals surface area contributed by atoms with Crippen molar-refractivity contribution >= 4 is 21.9 Å². The number of nitrogens with zero attached hydrogens (tertiary/aromatic N) is 1. The Hall–Kier alpha value is -2.71. The molecule has 7 nitrogen and oxygen atoms in total. The Morgan fingerprint density at radius 3 is 2.36 bits per heavy atom. The van der Waals surface area contributed by atoms with Gasteiger partial charge in [-0.2, -0.15) is 4.31 Å². The van der Waals surface area contributed by atoms with Crippen LogP contribution in [0.25, 0.3) is 0 Å². The first-order chi connectivity index (χ1) is 13.4. The minimum absolute atomic E-state index is 0.0221. The van der Waals surface area contributed by atoms with Gasteiger partial charge < -0.3 is 10.1 Å². The first kappa shape index (κ1) is 20.0. The van der Waals surface area contributed by atoms with Crippen LogP contribution < -0.4 is 5.32 Å². The minimum atomic E-state index is -3.94. The summed E-state index contributed by atoms with van der Waals surface area (Å²) in [6, 6.07) is 12.2. The van der Waals surface area contributed by atoms with Gasteiger partial charge in [-0.15, -0.1) is 0 Å². The molecule has 0 saturated heterocycles. The Balaban J connectivity index is 1.96. The van der Waals surface area contributed by atoms with E-state index in [4.69, 9.17) is 4.74 Å². The average Bonchev–Trinajstić information content (AvgIpc) is 2.72. The molecule has 3 rings (SSSR count). The van der Waals surface area contributed by atoms with Crippen molar-refractivity contribution in [3.8, 4) is 0 Å². The standard InChI is InChI=1S/C20H22N2O5S/c1-3-27-20(24)14-8-10-17(11-9-14)28(25,26)22-13-16-7-5-4-6-15(16)12-18(22)19(23)21-2/h4-11,18H,3,12-13H2,1-2H3,(H,21,23)/t18-/m0/s1. The van der Waals surface area contributed by atoms with Gasteiger partial charge in [0.25, 0.3) is 0 Å². The molecule has 0 fully saturated rings. The van der Waals surface area contributed by atoms with Crippen molar-refractivity contribution in [1.82, 2.24) is 9.62 Å². The molecule has 1 heterocycles. The number of nitrogens with one attached hydrogen (secondary N) is 1. The topological polar surface area (TPSA) is 92.8 Å². The molecule has 28 heavy (non-hydrogen) atoms. The highest BCUT2D eigenvalue weighted by molar-refractivity contribution is 7.89. The van der Waals surface area contributed by atoms with Gasteiger partial charge in [0, 0.05) is 13.6 Å². The number of likely N-dealkylation sites (N-methyl/N-ethyl adjacent to an activating group) is 1. The fraction of sp³-hybridized carbons (Fsp3) is 0.300. The molecule has 0 unspecified atom stereocenters. The van der Waals surface area contributed by atoms with E-state index in [-0.39, 0.29) is 29.5 Å². The summed E-state index contributed by atoms with van der Waals surface area (Å²) in [5.41, 5.74) is 2.10. The summed E-state index contributed by atoms with van der Waals surface area (Å²) in [6.45, 7) is 2.04. The molecular weight excluding hydrogens is 380 g/mol. The Morgan fingerprint density at radius 1 is 1.11 bits per heavy atom. The van der Waals surface area contributed by atoms with Crippen molar-refractivity contribution in [2.75, 3.05) is 13.7 Å². The van der Waals surface area contributed by atoms with E-state index in [9.17, 15) is 18.0 Å². The number of carbonyl (C=O) groups excluding carboxylic acids is 2. The second-order valence-electron chi connectivity index (χ2n) is 6.40. The first-order valence-corrected chi connectivity index (χ1v) is 10.4. The Bertz CT molecular complexity index is 986. The van der Waals surface area contributed by atoms with E-state index in [0.717, 1.165) is 11.1 Å². The van der Waals surface area contributed by atoms with E-state index in [1.807, 2.05) is 24.3 Å². The number of carbonyl (C=O) groups is 2. The van der Waals surface area contributed by atoms with Crippen molar-refractivity contribution < 1.29 is 22.7 Å². The molecule has 1 N–H and O–H groups in total. The van der Waals surface area contributed by atoms with E-state index >= 15 is 0 Å². The molecule has 1 atom stereocenters. The highest BCUT2D eigenvalue weighted by Crippen LogP contribution is 2.29. The molecule has 0 bridgehead atoms. The zero-order chi connectivity index (χ0) is 20.3. The van der Waals surface area contributed by atoms with E-state index < -0.39 is 22.0 Å². The van der Waals surface area contributed by atoms with Crippen LogP contribution >= 0.6 is 0 Å². The van der Waals surface area contributed by atoms with Crippen molar-refractivity contribution in [3.05, 3.63) is 65.2 Å². The molecule has 1 amide bonds. The predicted molar refractivity (Wildman–Crippen MR) is 103 cm³/mol. The monoisotopic (exact) mass is 402 g/mol. The number of rotatable bonds is 5. The summed E-state index contributed by atoms with van der Waals surface area (Å²) in [5.74, 6) is -0.872. The molecule has 0 radical (unpaired) electrons. The number of sulfonamides is 1. The van der Waals surface area contributed by atoms with Gasteiger partial charge in [0.05, 0.1) is 17.1 Å². The molecule has 8 heteroatoms. The van der Waals surface area contributed by atoms with E-state index in [0.29, 0.717) is 6.42 Å². The summed E-state index contributed by atoms with van der Waals surface area (Å²) >= 11 is 0. The van der Waals surface area contributed by atoms with Crippen molar-refractivity contribution in [3.63, 3.8) is 0 Å². The van der Waals surface area contributed by atoms with Gasteiger partial charge in [-0.05, 0) is 48.7 Å². The lowest BCUT2D eigenvalue weighted by Crippen LogP contribution is -2.51. The molecule has 1 aliphatic heterocycles. The number of hydrogen-bond donors (Lipinski definition) is 1. The van der Waals surface area contributed by atoms with Gasteiger partial charge in [-0.3, -0.25) is 4.79 Å². The number of ether oxygens (including phenoxy) is 1. The van der Waals surface area contributed by atoms with Crippen molar-refractivity contribution in [2.45, 2.75) is 30.8 Å². The van der Waals surface area contributed by atoms with Crippen LogP contribution in [-0.4, -0.2) is 44.3 Å². The number of amides is 1. The lowest BCUT2D eigenvalue weighted by atomic mass is 9.95. The van der Waals surface area contributed by atoms with Gasteiger partial charge in [0.15, 0.2) is 0 Å². The van der Waals surface area contributed by atoms with Crippen LogP contribution in [0.1, 0.15) is 28.4 Å². The number of hydrogen-bond acceptors (Lipinski definition) is 5. The number of benzene rings is 2. The minimum Gasteiger partial charge on any atom is -0.462 e. The molecule has 2 aromatic rings. The van der Waals surface area contributed by atoms with Crippen LogP contribution in [0.15, 0.2) is 53.4 Å². The Morgan fingerprint density at radius 2 is 1.75 bits per heavy atom. The first-order valence-electron chi connectivity index (χ1n) is 8.96. The molecule has 148 valence electrons. The van der Waals surface area contributed by atoms with Crippen LogP contribution in [0.3, 0.4) is 0 Å². The quantitative estimate of drug-likeness (QED) is 0.769. The zero-order valence-corrected chi connectivity index (χ0v) is 16.5. The maximum Gasteiger partial charge on any atom is 0.338 e. The van der Waals surface area contributed by atoms with Crippen LogP contribution in [0.2, 0.25) is 0 Å². The molecule has 0 spiro atoms. The Kier molecular flexibility index (Phi) is 5.81. The normalized spacial score (nSPS) is 16.9. The van der Waals surface area contributed by atoms with Crippen LogP contribution in [0, 0.1) is 0 Å². The number of fused-ring (bicyclic) bond motifs is 1. The summed E-state index contributed by atoms with van der Waals surface area (Å²) in [5, 5.41) is 2.55. The van der Waals surface area contributed by atoms with Crippen molar-refractivity contribution in [1.29, 1.82) is 0 Å². The van der Waals surface area contributed by atoms with Crippen molar-refractivity contribution in [2.24, 2.45) is 0 Å². The van der Waals surface area contributed by atoms with Gasteiger partial charge in [0.1, 0.15) is 6.04 Å². The number of esters is 1. The Labute approximate surface area is 164 Å². The maximum atomic E-state index is 13.3. The van der Waals surface area contributed by atoms with E-state index in [1.54, 1.807) is 6.92 Å². The lowest BCUT2D eigenvalue weighted by Gasteiger charge is -2.34. The zero-order valence-electron chi connectivity index (χ0n) is 15.7. The van der Waals surface area contributed by atoms with Gasteiger partial charge in [-0.1, -0.05) is 24.3 Å². The molecular formula is C20H22N2O5S. The molecule has 0 aromatic heterocycles. The van der Waals surface area contributed by atoms with E-state index in [1.165, 1.54) is 35.6 Å². The maximum absolute atomic E-state index is 13.3. The second kappa shape index (κ2) is 8.12. The average molecular weight is 402 g/mol. The highest BCUT2D eigenvalue weighted by Gasteiger charge is 2.39. The largest absolute Gasteiger partial charge is 0.462 e. The lowest BCUT2D eigenvalue weighted by molar-refractivity contribution is -0.124. The summed E-state index contributed by atoms with van der Waals surface area (Å²) < 4.78 is 32.7. The smallest absolute Gasteiger partial charge is 0.338 e. The molecule has 0 aliphatic carbocycles. The second-order valence-corrected chi connectivity index (χ2v) is 8.29. The highest BCUT2D eigenvalue weighted by atomic mass is 32.2.